The van der Waals surface area contributed by atoms with Gasteiger partial charge in [0.2, 0.25) is 0 Å². The molecule has 0 radical (unpaired) electrons. The number of carbonyl (C=O) groups is 2. The van der Waals surface area contributed by atoms with Gasteiger partial charge < -0.3 is 9.47 Å². The van der Waals surface area contributed by atoms with Crippen molar-refractivity contribution in [3.63, 3.8) is 0 Å². The lowest BCUT2D eigenvalue weighted by molar-refractivity contribution is -0.144. The SMILES string of the molecule is CCCCCCCCCCCCOC(=O)CCSCCSCCSCCC(=O)OCCCCCCCCCCCC. The van der Waals surface area contributed by atoms with Crippen LogP contribution in [-0.2, 0) is 19.1 Å². The highest BCUT2D eigenvalue weighted by molar-refractivity contribution is 8.04. The quantitative estimate of drug-likeness (QED) is 0.0515. The molecule has 0 aliphatic rings. The molecule has 0 amide bonds. The minimum Gasteiger partial charge on any atom is -0.466 e. The highest BCUT2D eigenvalue weighted by atomic mass is 32.2. The van der Waals surface area contributed by atoms with Crippen LogP contribution in [0, 0.1) is 0 Å². The van der Waals surface area contributed by atoms with Crippen molar-refractivity contribution in [1.29, 1.82) is 0 Å². The van der Waals surface area contributed by atoms with E-state index in [4.69, 9.17) is 9.47 Å². The third kappa shape index (κ3) is 36.1. The molecule has 41 heavy (non-hydrogen) atoms. The normalized spacial score (nSPS) is 11.2. The van der Waals surface area contributed by atoms with Crippen molar-refractivity contribution in [2.45, 2.75) is 155 Å². The highest BCUT2D eigenvalue weighted by Gasteiger charge is 2.04. The Labute approximate surface area is 268 Å². The fraction of sp³-hybridized carbons (Fsp3) is 0.941. The van der Waals surface area contributed by atoms with Crippen LogP contribution in [0.1, 0.15) is 155 Å². The first-order chi connectivity index (χ1) is 20.2. The van der Waals surface area contributed by atoms with Crippen molar-refractivity contribution in [1.82, 2.24) is 0 Å². The molecule has 0 bridgehead atoms. The van der Waals surface area contributed by atoms with Gasteiger partial charge in [-0.05, 0) is 12.8 Å². The summed E-state index contributed by atoms with van der Waals surface area (Å²) in [6.07, 6.45) is 27.0. The summed E-state index contributed by atoms with van der Waals surface area (Å²) >= 11 is 5.64. The molecule has 0 saturated heterocycles. The Kier molecular flexibility index (Phi) is 36.2. The largest absolute Gasteiger partial charge is 0.466 e. The Morgan fingerprint density at radius 1 is 0.390 bits per heavy atom. The number of rotatable bonds is 34. The smallest absolute Gasteiger partial charge is 0.306 e. The number of carbonyl (C=O) groups excluding carboxylic acids is 2. The number of thioether (sulfide) groups is 3. The van der Waals surface area contributed by atoms with Crippen LogP contribution in [0.2, 0.25) is 0 Å². The van der Waals surface area contributed by atoms with Crippen LogP contribution in [0.25, 0.3) is 0 Å². The summed E-state index contributed by atoms with van der Waals surface area (Å²) in [4.78, 5) is 23.7. The Balaban J connectivity index is 3.23. The zero-order chi connectivity index (χ0) is 29.9. The van der Waals surface area contributed by atoms with Gasteiger partial charge in [-0.3, -0.25) is 9.59 Å². The minimum absolute atomic E-state index is 0.0421. The van der Waals surface area contributed by atoms with Crippen LogP contribution in [0.4, 0.5) is 0 Å². The number of hydrogen-bond acceptors (Lipinski definition) is 7. The summed E-state index contributed by atoms with van der Waals surface area (Å²) < 4.78 is 10.8. The second kappa shape index (κ2) is 36.2. The van der Waals surface area contributed by atoms with Crippen molar-refractivity contribution in [2.75, 3.05) is 47.7 Å². The molecule has 0 saturated carbocycles. The van der Waals surface area contributed by atoms with E-state index in [0.717, 1.165) is 47.4 Å². The second-order valence-electron chi connectivity index (χ2n) is 11.1. The monoisotopic (exact) mass is 634 g/mol. The van der Waals surface area contributed by atoms with Crippen LogP contribution in [0.15, 0.2) is 0 Å². The first-order valence-electron chi connectivity index (χ1n) is 17.2. The molecule has 0 spiro atoms. The van der Waals surface area contributed by atoms with Crippen molar-refractivity contribution in [3.8, 4) is 0 Å². The Morgan fingerprint density at radius 3 is 0.976 bits per heavy atom. The van der Waals surface area contributed by atoms with Gasteiger partial charge in [-0.15, -0.1) is 0 Å². The maximum Gasteiger partial charge on any atom is 0.306 e. The fourth-order valence-corrected chi connectivity index (χ4v) is 7.67. The summed E-state index contributed by atoms with van der Waals surface area (Å²) in [6.45, 7) is 5.70. The number of hydrogen-bond donors (Lipinski definition) is 0. The zero-order valence-corrected chi connectivity index (χ0v) is 29.5. The van der Waals surface area contributed by atoms with Gasteiger partial charge in [0.25, 0.3) is 0 Å². The molecule has 0 aliphatic carbocycles. The average molecular weight is 635 g/mol. The van der Waals surface area contributed by atoms with Gasteiger partial charge in [0.1, 0.15) is 0 Å². The Hall–Kier alpha value is -0.0100. The van der Waals surface area contributed by atoms with E-state index in [2.05, 4.69) is 13.8 Å². The summed E-state index contributed by atoms with van der Waals surface area (Å²) in [5.41, 5.74) is 0. The number of esters is 2. The Bertz CT molecular complexity index is 502. The van der Waals surface area contributed by atoms with E-state index in [1.54, 1.807) is 0 Å². The Morgan fingerprint density at radius 2 is 0.659 bits per heavy atom. The molecule has 0 rings (SSSR count). The molecule has 4 nitrogen and oxygen atoms in total. The molecule has 0 unspecified atom stereocenters. The van der Waals surface area contributed by atoms with Gasteiger partial charge in [-0.1, -0.05) is 129 Å². The molecular weight excluding hydrogens is 569 g/mol. The van der Waals surface area contributed by atoms with Crippen molar-refractivity contribution >= 4 is 47.2 Å². The topological polar surface area (TPSA) is 52.6 Å². The first-order valence-corrected chi connectivity index (χ1v) is 20.7. The maximum absolute atomic E-state index is 11.9. The van der Waals surface area contributed by atoms with Gasteiger partial charge in [0, 0.05) is 34.5 Å². The molecule has 0 aliphatic heterocycles. The second-order valence-corrected chi connectivity index (χ2v) is 14.8. The summed E-state index contributed by atoms with van der Waals surface area (Å²) in [6, 6.07) is 0. The van der Waals surface area contributed by atoms with Crippen LogP contribution in [0.5, 0.6) is 0 Å². The van der Waals surface area contributed by atoms with E-state index in [9.17, 15) is 9.59 Å². The molecule has 0 heterocycles. The van der Waals surface area contributed by atoms with Gasteiger partial charge in [0.05, 0.1) is 26.1 Å². The van der Waals surface area contributed by atoms with E-state index in [0.29, 0.717) is 26.1 Å². The third-order valence-corrected chi connectivity index (χ3v) is 10.6. The highest BCUT2D eigenvalue weighted by Crippen LogP contribution is 2.14. The molecule has 244 valence electrons. The van der Waals surface area contributed by atoms with Crippen LogP contribution >= 0.6 is 35.3 Å². The van der Waals surface area contributed by atoms with Crippen LogP contribution in [-0.4, -0.2) is 59.7 Å². The number of ether oxygens (including phenoxy) is 2. The van der Waals surface area contributed by atoms with Crippen molar-refractivity contribution in [3.05, 3.63) is 0 Å². The van der Waals surface area contributed by atoms with Gasteiger partial charge in [-0.2, -0.15) is 35.3 Å². The van der Waals surface area contributed by atoms with Gasteiger partial charge >= 0.3 is 11.9 Å². The van der Waals surface area contributed by atoms with Crippen LogP contribution in [0.3, 0.4) is 0 Å². The lowest BCUT2D eigenvalue weighted by Gasteiger charge is -2.06. The summed E-state index contributed by atoms with van der Waals surface area (Å²) in [7, 11) is 0. The van der Waals surface area contributed by atoms with Crippen LogP contribution < -0.4 is 0 Å². The molecule has 0 fully saturated rings. The molecule has 0 atom stereocenters. The number of unbranched alkanes of at least 4 members (excludes halogenated alkanes) is 18. The lowest BCUT2D eigenvalue weighted by atomic mass is 10.1. The van der Waals surface area contributed by atoms with E-state index < -0.39 is 0 Å². The van der Waals surface area contributed by atoms with E-state index in [1.165, 1.54) is 116 Å². The molecule has 0 N–H and O–H groups in total. The predicted octanol–water partition coefficient (Wildman–Crippen LogP) is 10.9. The van der Waals surface area contributed by atoms with E-state index in [1.807, 2.05) is 35.3 Å². The van der Waals surface area contributed by atoms with E-state index in [-0.39, 0.29) is 11.9 Å². The third-order valence-electron chi connectivity index (χ3n) is 7.17. The minimum atomic E-state index is -0.0421. The van der Waals surface area contributed by atoms with Crippen molar-refractivity contribution < 1.29 is 19.1 Å². The summed E-state index contributed by atoms with van der Waals surface area (Å²) in [5.74, 6) is 6.00. The lowest BCUT2D eigenvalue weighted by Crippen LogP contribution is -2.07. The zero-order valence-electron chi connectivity index (χ0n) is 27.1. The van der Waals surface area contributed by atoms with Gasteiger partial charge in [-0.25, -0.2) is 0 Å². The molecule has 7 heteroatoms. The standard InChI is InChI=1S/C34H66O4S3/c1-3-5-7-9-11-13-15-17-19-21-25-37-33(35)23-27-39-29-31-41-32-30-40-28-24-34(36)38-26-22-20-18-16-14-12-10-8-6-4-2/h3-32H2,1-2H3. The van der Waals surface area contributed by atoms with Gasteiger partial charge in [0.15, 0.2) is 0 Å². The molecular formula is C34H66O4S3. The fourth-order valence-electron chi connectivity index (χ4n) is 4.55. The molecule has 0 aromatic carbocycles. The maximum atomic E-state index is 11.9. The van der Waals surface area contributed by atoms with Crippen molar-refractivity contribution in [2.24, 2.45) is 0 Å². The molecule has 0 aromatic heterocycles. The van der Waals surface area contributed by atoms with E-state index >= 15 is 0 Å². The average Bonchev–Trinajstić information content (AvgIpc) is 2.97. The molecule has 0 aromatic rings. The summed E-state index contributed by atoms with van der Waals surface area (Å²) in [5, 5.41) is 0. The first kappa shape index (κ1) is 41.0. The predicted molar refractivity (Wildman–Crippen MR) is 187 cm³/mol.